The molecule has 0 unspecified atom stereocenters. The molecular formula is C19H17BrN4O3S. The lowest BCUT2D eigenvalue weighted by atomic mass is 10.2. The summed E-state index contributed by atoms with van der Waals surface area (Å²) in [5.41, 5.74) is 1.23. The van der Waals surface area contributed by atoms with Crippen LogP contribution < -0.4 is 15.0 Å². The second-order valence-electron chi connectivity index (χ2n) is 6.00. The molecule has 0 spiro atoms. The third-order valence-corrected chi connectivity index (χ3v) is 5.84. The summed E-state index contributed by atoms with van der Waals surface area (Å²) in [5.74, 6) is 1.18. The summed E-state index contributed by atoms with van der Waals surface area (Å²) in [4.78, 5) is 23.4. The van der Waals surface area contributed by atoms with Crippen molar-refractivity contribution in [3.05, 3.63) is 57.0 Å². The molecular weight excluding hydrogens is 444 g/mol. The number of nitrogens with zero attached hydrogens (tertiary/aromatic N) is 4. The number of aromatic nitrogens is 2. The Morgan fingerprint density at radius 3 is 2.96 bits per heavy atom. The fourth-order valence-electron chi connectivity index (χ4n) is 2.83. The molecule has 0 aliphatic carbocycles. The van der Waals surface area contributed by atoms with E-state index < -0.39 is 0 Å². The first-order chi connectivity index (χ1) is 13.7. The summed E-state index contributed by atoms with van der Waals surface area (Å²) in [5, 5.41) is 0. The van der Waals surface area contributed by atoms with Crippen LogP contribution in [-0.2, 0) is 0 Å². The van der Waals surface area contributed by atoms with Gasteiger partial charge in [0, 0.05) is 18.5 Å². The molecule has 0 bridgehead atoms. The highest BCUT2D eigenvalue weighted by atomic mass is 79.9. The number of allylic oxidation sites excluding steroid dienone is 1. The fraction of sp³-hybridized carbons (Fsp3) is 0.211. The molecule has 0 saturated heterocycles. The Hall–Kier alpha value is -2.65. The van der Waals surface area contributed by atoms with Gasteiger partial charge in [-0.25, -0.2) is 4.98 Å². The molecule has 0 N–H and O–H groups in total. The summed E-state index contributed by atoms with van der Waals surface area (Å²) in [7, 11) is 1.58. The van der Waals surface area contributed by atoms with Gasteiger partial charge in [-0.1, -0.05) is 0 Å². The normalized spacial score (nSPS) is 13.3. The third kappa shape index (κ3) is 3.81. The molecule has 9 heteroatoms. The van der Waals surface area contributed by atoms with Gasteiger partial charge in [-0.05, 0) is 40.2 Å². The van der Waals surface area contributed by atoms with E-state index in [1.807, 2.05) is 24.4 Å². The van der Waals surface area contributed by atoms with Gasteiger partial charge >= 0.3 is 0 Å². The van der Waals surface area contributed by atoms with Crippen LogP contribution in [0.15, 0.2) is 56.4 Å². The van der Waals surface area contributed by atoms with Crippen LogP contribution in [0.5, 0.6) is 11.5 Å². The smallest absolute Gasteiger partial charge is 0.275 e. The highest BCUT2D eigenvalue weighted by Crippen LogP contribution is 2.30. The SMILES string of the molecule is COc1cc(-n2cnc3cc(Br)sc3c2=O)ccc1OCCN1C=CC=NC1. The lowest BCUT2D eigenvalue weighted by Gasteiger charge is -2.20. The number of thiophene rings is 1. The Bertz CT molecular complexity index is 1120. The van der Waals surface area contributed by atoms with Gasteiger partial charge in [-0.3, -0.25) is 14.4 Å². The molecule has 3 aromatic rings. The fourth-order valence-corrected chi connectivity index (χ4v) is 4.30. The first-order valence-corrected chi connectivity index (χ1v) is 10.2. The number of rotatable bonds is 6. The van der Waals surface area contributed by atoms with E-state index in [2.05, 4.69) is 30.8 Å². The van der Waals surface area contributed by atoms with Crippen molar-refractivity contribution < 1.29 is 9.47 Å². The zero-order valence-electron chi connectivity index (χ0n) is 15.0. The summed E-state index contributed by atoms with van der Waals surface area (Å²) in [6, 6.07) is 7.24. The van der Waals surface area contributed by atoms with Crippen molar-refractivity contribution in [2.75, 3.05) is 26.9 Å². The standard InChI is InChI=1S/C19H17BrN4O3S/c1-26-16-9-13(24-12-22-14-10-17(20)28-18(14)19(24)25)3-4-15(16)27-8-7-23-6-2-5-21-11-23/h2-6,9-10,12H,7-8,11H2,1H3. The minimum Gasteiger partial charge on any atom is -0.493 e. The van der Waals surface area contributed by atoms with Crippen molar-refractivity contribution in [1.82, 2.24) is 14.5 Å². The second-order valence-corrected chi connectivity index (χ2v) is 8.43. The highest BCUT2D eigenvalue weighted by molar-refractivity contribution is 9.11. The maximum atomic E-state index is 12.8. The van der Waals surface area contributed by atoms with Gasteiger partial charge in [-0.2, -0.15) is 0 Å². The van der Waals surface area contributed by atoms with Gasteiger partial charge in [-0.15, -0.1) is 11.3 Å². The minimum absolute atomic E-state index is 0.117. The van der Waals surface area contributed by atoms with Gasteiger partial charge in [0.05, 0.1) is 28.6 Å². The van der Waals surface area contributed by atoms with Crippen molar-refractivity contribution in [2.24, 2.45) is 4.99 Å². The molecule has 1 aliphatic rings. The molecule has 2 aromatic heterocycles. The predicted octanol–water partition coefficient (Wildman–Crippen LogP) is 3.45. The van der Waals surface area contributed by atoms with Gasteiger partial charge in [0.2, 0.25) is 0 Å². The van der Waals surface area contributed by atoms with Crippen molar-refractivity contribution in [3.8, 4) is 17.2 Å². The van der Waals surface area contributed by atoms with Crippen molar-refractivity contribution in [1.29, 1.82) is 0 Å². The topological polar surface area (TPSA) is 69.0 Å². The molecule has 144 valence electrons. The van der Waals surface area contributed by atoms with E-state index in [0.29, 0.717) is 47.2 Å². The molecule has 0 atom stereocenters. The van der Waals surface area contributed by atoms with E-state index in [0.717, 1.165) is 3.79 Å². The predicted molar refractivity (Wildman–Crippen MR) is 114 cm³/mol. The molecule has 4 rings (SSSR count). The average Bonchev–Trinajstić information content (AvgIpc) is 3.11. The Morgan fingerprint density at radius 1 is 1.29 bits per heavy atom. The van der Waals surface area contributed by atoms with Gasteiger partial charge in [0.15, 0.2) is 11.5 Å². The Balaban J connectivity index is 1.55. The number of hydrogen-bond donors (Lipinski definition) is 0. The molecule has 0 saturated carbocycles. The van der Waals surface area contributed by atoms with Crippen LogP contribution in [0.2, 0.25) is 0 Å². The molecule has 3 heterocycles. The van der Waals surface area contributed by atoms with E-state index in [4.69, 9.17) is 9.47 Å². The second kappa shape index (κ2) is 8.15. The molecule has 1 aliphatic heterocycles. The quantitative estimate of drug-likeness (QED) is 0.563. The number of hydrogen-bond acceptors (Lipinski definition) is 7. The third-order valence-electron chi connectivity index (χ3n) is 4.22. The van der Waals surface area contributed by atoms with Crippen molar-refractivity contribution in [2.45, 2.75) is 0 Å². The van der Waals surface area contributed by atoms with Crippen LogP contribution in [-0.4, -0.2) is 47.6 Å². The number of ether oxygens (including phenoxy) is 2. The maximum absolute atomic E-state index is 12.8. The Labute approximate surface area is 173 Å². The lowest BCUT2D eigenvalue weighted by Crippen LogP contribution is -2.25. The number of benzene rings is 1. The summed E-state index contributed by atoms with van der Waals surface area (Å²) >= 11 is 4.77. The monoisotopic (exact) mass is 460 g/mol. The summed E-state index contributed by atoms with van der Waals surface area (Å²) < 4.78 is 14.3. The molecule has 0 amide bonds. The first kappa shape index (κ1) is 18.7. The summed E-state index contributed by atoms with van der Waals surface area (Å²) in [6.45, 7) is 1.84. The van der Waals surface area contributed by atoms with Crippen LogP contribution in [0.25, 0.3) is 15.9 Å². The van der Waals surface area contributed by atoms with Crippen LogP contribution in [0, 0.1) is 0 Å². The van der Waals surface area contributed by atoms with E-state index in [1.165, 1.54) is 22.2 Å². The van der Waals surface area contributed by atoms with Gasteiger partial charge in [0.25, 0.3) is 5.56 Å². The molecule has 1 aromatic carbocycles. The number of halogens is 1. The van der Waals surface area contributed by atoms with E-state index in [9.17, 15) is 4.79 Å². The minimum atomic E-state index is -0.117. The number of fused-ring (bicyclic) bond motifs is 1. The van der Waals surface area contributed by atoms with E-state index in [1.54, 1.807) is 25.5 Å². The van der Waals surface area contributed by atoms with Gasteiger partial charge < -0.3 is 14.4 Å². The first-order valence-electron chi connectivity index (χ1n) is 8.54. The average molecular weight is 461 g/mol. The Kier molecular flexibility index (Phi) is 5.45. The molecule has 28 heavy (non-hydrogen) atoms. The lowest BCUT2D eigenvalue weighted by molar-refractivity contribution is 0.247. The largest absolute Gasteiger partial charge is 0.493 e. The number of aliphatic imine (C=N–C) groups is 1. The van der Waals surface area contributed by atoms with Crippen LogP contribution in [0.1, 0.15) is 0 Å². The zero-order chi connectivity index (χ0) is 19.5. The zero-order valence-corrected chi connectivity index (χ0v) is 17.4. The molecule has 0 fully saturated rings. The van der Waals surface area contributed by atoms with Crippen molar-refractivity contribution >= 4 is 43.7 Å². The van der Waals surface area contributed by atoms with Gasteiger partial charge in [0.1, 0.15) is 24.3 Å². The molecule has 7 nitrogen and oxygen atoms in total. The van der Waals surface area contributed by atoms with Crippen LogP contribution in [0.3, 0.4) is 0 Å². The van der Waals surface area contributed by atoms with E-state index >= 15 is 0 Å². The van der Waals surface area contributed by atoms with Crippen LogP contribution >= 0.6 is 27.3 Å². The Morgan fingerprint density at radius 2 is 2.18 bits per heavy atom. The maximum Gasteiger partial charge on any atom is 0.275 e. The van der Waals surface area contributed by atoms with Crippen molar-refractivity contribution in [3.63, 3.8) is 0 Å². The highest BCUT2D eigenvalue weighted by Gasteiger charge is 2.12. The number of methoxy groups -OCH3 is 1. The van der Waals surface area contributed by atoms with Crippen LogP contribution in [0.4, 0.5) is 0 Å². The van der Waals surface area contributed by atoms with E-state index in [-0.39, 0.29) is 5.56 Å². The molecule has 0 radical (unpaired) electrons. The summed E-state index contributed by atoms with van der Waals surface area (Å²) in [6.07, 6.45) is 7.19.